The van der Waals surface area contributed by atoms with Gasteiger partial charge in [-0.15, -0.1) is 0 Å². The number of amides is 1. The number of pyridine rings is 1. The molecule has 2 aromatic rings. The number of nitriles is 2. The van der Waals surface area contributed by atoms with Crippen LogP contribution in [0.15, 0.2) is 29.1 Å². The zero-order valence-electron chi connectivity index (χ0n) is 10.0. The van der Waals surface area contributed by atoms with Crippen LogP contribution in [0.4, 0.5) is 5.82 Å². The Morgan fingerprint density at radius 2 is 2.15 bits per heavy atom. The van der Waals surface area contributed by atoms with Crippen LogP contribution < -0.4 is 5.32 Å². The SMILES string of the molecule is N#Cc1ncn(CC(=O)Nc2ccc(Br)cn2)c1C#N. The molecule has 0 aliphatic rings. The number of imidazole rings is 1. The summed E-state index contributed by atoms with van der Waals surface area (Å²) < 4.78 is 2.11. The fourth-order valence-electron chi connectivity index (χ4n) is 1.49. The molecule has 7 nitrogen and oxygen atoms in total. The Labute approximate surface area is 122 Å². The molecule has 1 N–H and O–H groups in total. The lowest BCUT2D eigenvalue weighted by Crippen LogP contribution is -2.19. The van der Waals surface area contributed by atoms with E-state index in [1.807, 2.05) is 6.07 Å². The van der Waals surface area contributed by atoms with Gasteiger partial charge in [-0.3, -0.25) is 4.79 Å². The minimum Gasteiger partial charge on any atom is -0.312 e. The molecule has 0 bridgehead atoms. The molecule has 0 atom stereocenters. The van der Waals surface area contributed by atoms with E-state index in [9.17, 15) is 4.79 Å². The Balaban J connectivity index is 2.09. The lowest BCUT2D eigenvalue weighted by molar-refractivity contribution is -0.116. The number of rotatable bonds is 3. The van der Waals surface area contributed by atoms with Crippen molar-refractivity contribution in [1.29, 1.82) is 10.5 Å². The highest BCUT2D eigenvalue weighted by Gasteiger charge is 2.13. The minimum atomic E-state index is -0.363. The van der Waals surface area contributed by atoms with E-state index in [0.717, 1.165) is 4.47 Å². The number of carbonyl (C=O) groups is 1. The quantitative estimate of drug-likeness (QED) is 0.915. The van der Waals surface area contributed by atoms with Crippen molar-refractivity contribution >= 4 is 27.7 Å². The van der Waals surface area contributed by atoms with Gasteiger partial charge in [0.15, 0.2) is 11.4 Å². The zero-order valence-corrected chi connectivity index (χ0v) is 11.6. The van der Waals surface area contributed by atoms with Gasteiger partial charge in [0.2, 0.25) is 5.91 Å². The summed E-state index contributed by atoms with van der Waals surface area (Å²) in [5, 5.41) is 20.3. The zero-order chi connectivity index (χ0) is 14.5. The van der Waals surface area contributed by atoms with Crippen LogP contribution in [0.3, 0.4) is 0 Å². The van der Waals surface area contributed by atoms with Crippen molar-refractivity contribution in [2.45, 2.75) is 6.54 Å². The molecule has 0 aliphatic carbocycles. The van der Waals surface area contributed by atoms with E-state index >= 15 is 0 Å². The van der Waals surface area contributed by atoms with Crippen LogP contribution in [-0.4, -0.2) is 20.4 Å². The summed E-state index contributed by atoms with van der Waals surface area (Å²) in [7, 11) is 0. The molecule has 0 radical (unpaired) electrons. The molecule has 0 aliphatic heterocycles. The summed E-state index contributed by atoms with van der Waals surface area (Å²) in [6.45, 7) is -0.116. The highest BCUT2D eigenvalue weighted by Crippen LogP contribution is 2.11. The number of anilines is 1. The molecule has 20 heavy (non-hydrogen) atoms. The lowest BCUT2D eigenvalue weighted by Gasteiger charge is -2.05. The average molecular weight is 331 g/mol. The summed E-state index contributed by atoms with van der Waals surface area (Å²) in [5.41, 5.74) is 0.0634. The largest absolute Gasteiger partial charge is 0.312 e. The molecule has 1 amide bonds. The Morgan fingerprint density at radius 1 is 1.35 bits per heavy atom. The first-order chi connectivity index (χ1) is 9.63. The van der Waals surface area contributed by atoms with Crippen molar-refractivity contribution in [2.75, 3.05) is 5.32 Å². The van der Waals surface area contributed by atoms with Crippen LogP contribution in [0.1, 0.15) is 11.4 Å². The van der Waals surface area contributed by atoms with Gasteiger partial charge in [-0.05, 0) is 28.1 Å². The first kappa shape index (κ1) is 13.7. The van der Waals surface area contributed by atoms with E-state index in [1.165, 1.54) is 10.9 Å². The molecule has 0 saturated carbocycles. The van der Waals surface area contributed by atoms with Crippen LogP contribution in [0.25, 0.3) is 0 Å². The van der Waals surface area contributed by atoms with Crippen molar-refractivity contribution < 1.29 is 4.79 Å². The maximum atomic E-state index is 11.8. The highest BCUT2D eigenvalue weighted by atomic mass is 79.9. The fourth-order valence-corrected chi connectivity index (χ4v) is 1.72. The van der Waals surface area contributed by atoms with Crippen LogP contribution >= 0.6 is 15.9 Å². The Hall–Kier alpha value is -2.71. The van der Waals surface area contributed by atoms with Crippen molar-refractivity contribution in [3.8, 4) is 12.1 Å². The van der Waals surface area contributed by atoms with E-state index in [-0.39, 0.29) is 23.8 Å². The number of hydrogen-bond donors (Lipinski definition) is 1. The van der Waals surface area contributed by atoms with Crippen LogP contribution in [0.2, 0.25) is 0 Å². The van der Waals surface area contributed by atoms with Gasteiger partial charge in [-0.2, -0.15) is 10.5 Å². The third kappa shape index (κ3) is 2.99. The highest BCUT2D eigenvalue weighted by molar-refractivity contribution is 9.10. The third-order valence-corrected chi connectivity index (χ3v) is 2.83. The fraction of sp³-hybridized carbons (Fsp3) is 0.0833. The van der Waals surface area contributed by atoms with Crippen molar-refractivity contribution in [2.24, 2.45) is 0 Å². The smallest absolute Gasteiger partial charge is 0.245 e. The molecular formula is C12H7BrN6O. The summed E-state index contributed by atoms with van der Waals surface area (Å²) in [5.74, 6) is 0.0375. The Bertz CT molecular complexity index is 722. The molecule has 8 heteroatoms. The average Bonchev–Trinajstić information content (AvgIpc) is 2.83. The van der Waals surface area contributed by atoms with Crippen molar-refractivity contribution in [3.63, 3.8) is 0 Å². The number of nitrogens with zero attached hydrogens (tertiary/aromatic N) is 5. The van der Waals surface area contributed by atoms with Gasteiger partial charge in [0.1, 0.15) is 24.5 Å². The molecular weight excluding hydrogens is 324 g/mol. The predicted octanol–water partition coefficient (Wildman–Crippen LogP) is 1.42. The standard InChI is InChI=1S/C12H7BrN6O/c13-8-1-2-11(16-5-8)18-12(20)6-19-7-17-9(3-14)10(19)4-15/h1-2,5,7H,6H2,(H,16,18,20). The van der Waals surface area contributed by atoms with Gasteiger partial charge in [0.25, 0.3) is 0 Å². The second-order valence-corrected chi connectivity index (χ2v) is 4.62. The predicted molar refractivity (Wildman–Crippen MR) is 72.2 cm³/mol. The number of hydrogen-bond acceptors (Lipinski definition) is 5. The third-order valence-electron chi connectivity index (χ3n) is 2.36. The number of halogens is 1. The first-order valence-electron chi connectivity index (χ1n) is 5.40. The summed E-state index contributed by atoms with van der Waals surface area (Å²) in [6, 6.07) is 7.03. The van der Waals surface area contributed by atoms with Crippen molar-refractivity contribution in [3.05, 3.63) is 40.5 Å². The molecule has 0 fully saturated rings. The van der Waals surface area contributed by atoms with Crippen LogP contribution in [0.5, 0.6) is 0 Å². The summed E-state index contributed by atoms with van der Waals surface area (Å²) in [4.78, 5) is 19.6. The van der Waals surface area contributed by atoms with Gasteiger partial charge in [0.05, 0.1) is 6.33 Å². The van der Waals surface area contributed by atoms with Gasteiger partial charge < -0.3 is 9.88 Å². The number of nitrogens with one attached hydrogen (secondary N) is 1. The number of aromatic nitrogens is 3. The minimum absolute atomic E-state index is 0.00191. The maximum Gasteiger partial charge on any atom is 0.245 e. The summed E-state index contributed by atoms with van der Waals surface area (Å²) in [6.07, 6.45) is 2.84. The molecule has 98 valence electrons. The van der Waals surface area contributed by atoms with E-state index in [2.05, 4.69) is 31.2 Å². The molecule has 2 rings (SSSR count). The molecule has 2 heterocycles. The molecule has 0 spiro atoms. The Morgan fingerprint density at radius 3 is 2.75 bits per heavy atom. The van der Waals surface area contributed by atoms with E-state index in [0.29, 0.717) is 5.82 Å². The molecule has 0 unspecified atom stereocenters. The second-order valence-electron chi connectivity index (χ2n) is 3.70. The van der Waals surface area contributed by atoms with Crippen LogP contribution in [-0.2, 0) is 11.3 Å². The first-order valence-corrected chi connectivity index (χ1v) is 6.20. The monoisotopic (exact) mass is 330 g/mol. The van der Waals surface area contributed by atoms with Crippen LogP contribution in [0, 0.1) is 22.7 Å². The van der Waals surface area contributed by atoms with Gasteiger partial charge in [-0.1, -0.05) is 0 Å². The Kier molecular flexibility index (Phi) is 4.08. The van der Waals surface area contributed by atoms with Crippen molar-refractivity contribution in [1.82, 2.24) is 14.5 Å². The lowest BCUT2D eigenvalue weighted by atomic mass is 10.3. The topological polar surface area (TPSA) is 107 Å². The molecule has 0 aromatic carbocycles. The molecule has 0 saturated heterocycles. The van der Waals surface area contributed by atoms with E-state index < -0.39 is 0 Å². The maximum absolute atomic E-state index is 11.8. The second kappa shape index (κ2) is 5.95. The van der Waals surface area contributed by atoms with E-state index in [1.54, 1.807) is 24.4 Å². The van der Waals surface area contributed by atoms with Gasteiger partial charge in [-0.25, -0.2) is 9.97 Å². The summed E-state index contributed by atoms with van der Waals surface area (Å²) >= 11 is 3.24. The molecule has 2 aromatic heterocycles. The van der Waals surface area contributed by atoms with Gasteiger partial charge in [0, 0.05) is 10.7 Å². The van der Waals surface area contributed by atoms with Gasteiger partial charge >= 0.3 is 0 Å². The normalized spacial score (nSPS) is 9.55. The number of carbonyl (C=O) groups excluding carboxylic acids is 1. The van der Waals surface area contributed by atoms with E-state index in [4.69, 9.17) is 10.5 Å².